The molecule has 108 valence electrons. The summed E-state index contributed by atoms with van der Waals surface area (Å²) in [5.74, 6) is 0.175. The summed E-state index contributed by atoms with van der Waals surface area (Å²) in [4.78, 5) is 12.0. The topological polar surface area (TPSA) is 35.5 Å². The lowest BCUT2D eigenvalue weighted by Crippen LogP contribution is -2.08. The molecule has 0 atom stereocenters. The van der Waals surface area contributed by atoms with Crippen LogP contribution in [0.25, 0.3) is 6.08 Å². The van der Waals surface area contributed by atoms with Gasteiger partial charge in [0.1, 0.15) is 17.9 Å². The second-order valence-electron chi connectivity index (χ2n) is 4.34. The van der Waals surface area contributed by atoms with E-state index in [1.165, 1.54) is 0 Å². The van der Waals surface area contributed by atoms with Gasteiger partial charge in [-0.2, -0.15) is 0 Å². The van der Waals surface area contributed by atoms with E-state index < -0.39 is 0 Å². The lowest BCUT2D eigenvalue weighted by molar-refractivity contribution is 0.0545. The van der Waals surface area contributed by atoms with Crippen molar-refractivity contribution < 1.29 is 14.3 Å². The Morgan fingerprint density at radius 1 is 1.05 bits per heavy atom. The Morgan fingerprint density at radius 3 is 2.52 bits per heavy atom. The number of benzene rings is 2. The zero-order valence-electron chi connectivity index (χ0n) is 12.0. The van der Waals surface area contributed by atoms with Gasteiger partial charge in [0.25, 0.3) is 0 Å². The minimum atomic E-state index is -0.378. The van der Waals surface area contributed by atoms with E-state index in [0.29, 0.717) is 17.9 Å². The number of rotatable bonds is 6. The van der Waals surface area contributed by atoms with Gasteiger partial charge >= 0.3 is 5.97 Å². The van der Waals surface area contributed by atoms with E-state index in [4.69, 9.17) is 9.47 Å². The number of ether oxygens (including phenoxy) is 2. The minimum absolute atomic E-state index is 0.230. The quantitative estimate of drug-likeness (QED) is 0.752. The summed E-state index contributed by atoms with van der Waals surface area (Å²) < 4.78 is 10.6. The molecule has 0 unspecified atom stereocenters. The number of esters is 1. The van der Waals surface area contributed by atoms with Crippen molar-refractivity contribution in [1.29, 1.82) is 0 Å². The molecule has 0 aromatic heterocycles. The van der Waals surface area contributed by atoms with Crippen LogP contribution in [0.2, 0.25) is 0 Å². The molecule has 0 radical (unpaired) electrons. The summed E-state index contributed by atoms with van der Waals surface area (Å²) >= 11 is 0. The summed E-state index contributed by atoms with van der Waals surface area (Å²) in [5.41, 5.74) is 1.52. The van der Waals surface area contributed by atoms with Crippen LogP contribution in [-0.2, 0) is 4.74 Å². The smallest absolute Gasteiger partial charge is 0.342 e. The average molecular weight is 282 g/mol. The first-order valence-electron chi connectivity index (χ1n) is 6.92. The molecule has 0 fully saturated rings. The highest BCUT2D eigenvalue weighted by Crippen LogP contribution is 2.18. The number of hydrogen-bond acceptors (Lipinski definition) is 3. The maximum atomic E-state index is 12.0. The lowest BCUT2D eigenvalue weighted by atomic mass is 10.2. The van der Waals surface area contributed by atoms with E-state index in [1.54, 1.807) is 18.2 Å². The molecular weight excluding hydrogens is 264 g/mol. The number of hydrogen-bond donors (Lipinski definition) is 0. The molecular formula is C18H18O3. The van der Waals surface area contributed by atoms with Crippen molar-refractivity contribution >= 4 is 12.0 Å². The number of carbonyl (C=O) groups is 1. The minimum Gasteiger partial charge on any atom is -0.493 e. The van der Waals surface area contributed by atoms with E-state index in [0.717, 1.165) is 5.56 Å². The van der Waals surface area contributed by atoms with Gasteiger partial charge in [0.15, 0.2) is 0 Å². The van der Waals surface area contributed by atoms with Crippen molar-refractivity contribution in [3.05, 3.63) is 71.8 Å². The van der Waals surface area contributed by atoms with Crippen LogP contribution < -0.4 is 4.74 Å². The summed E-state index contributed by atoms with van der Waals surface area (Å²) in [5, 5.41) is 0. The fourth-order valence-corrected chi connectivity index (χ4v) is 1.87. The van der Waals surface area contributed by atoms with E-state index in [1.807, 2.05) is 55.5 Å². The molecule has 0 aliphatic heterocycles. The van der Waals surface area contributed by atoms with Crippen molar-refractivity contribution in [3.63, 3.8) is 0 Å². The van der Waals surface area contributed by atoms with E-state index in [2.05, 4.69) is 0 Å². The molecule has 0 amide bonds. The fourth-order valence-electron chi connectivity index (χ4n) is 1.87. The molecule has 0 N–H and O–H groups in total. The first kappa shape index (κ1) is 14.9. The third kappa shape index (κ3) is 4.49. The van der Waals surface area contributed by atoms with Gasteiger partial charge in [-0.15, -0.1) is 0 Å². The molecule has 3 heteroatoms. The number of para-hydroxylation sites is 1. The third-order valence-corrected chi connectivity index (χ3v) is 2.83. The molecule has 0 aliphatic carbocycles. The standard InChI is InChI=1S/C18H18O3/c1-2-20-17-13-7-6-12-16(17)18(19)21-14-8-11-15-9-4-3-5-10-15/h3-13H,2,14H2,1H3. The Bertz CT molecular complexity index is 603. The summed E-state index contributed by atoms with van der Waals surface area (Å²) in [6, 6.07) is 17.0. The van der Waals surface area contributed by atoms with Gasteiger partial charge in [-0.05, 0) is 30.7 Å². The van der Waals surface area contributed by atoms with Crippen LogP contribution in [0.3, 0.4) is 0 Å². The average Bonchev–Trinajstić information content (AvgIpc) is 2.53. The highest BCUT2D eigenvalue weighted by Gasteiger charge is 2.12. The van der Waals surface area contributed by atoms with Crippen LogP contribution in [0.1, 0.15) is 22.8 Å². The molecule has 21 heavy (non-hydrogen) atoms. The maximum absolute atomic E-state index is 12.0. The Kier molecular flexibility index (Phi) is 5.59. The molecule has 3 nitrogen and oxygen atoms in total. The van der Waals surface area contributed by atoms with E-state index in [-0.39, 0.29) is 12.6 Å². The molecule has 0 saturated heterocycles. The van der Waals surface area contributed by atoms with Crippen molar-refractivity contribution in [3.8, 4) is 5.75 Å². The van der Waals surface area contributed by atoms with Gasteiger partial charge in [0, 0.05) is 0 Å². The van der Waals surface area contributed by atoms with E-state index >= 15 is 0 Å². The predicted molar refractivity (Wildman–Crippen MR) is 83.4 cm³/mol. The highest BCUT2D eigenvalue weighted by atomic mass is 16.5. The Balaban J connectivity index is 1.92. The Hall–Kier alpha value is -2.55. The van der Waals surface area contributed by atoms with E-state index in [9.17, 15) is 4.79 Å². The Labute approximate surface area is 124 Å². The largest absolute Gasteiger partial charge is 0.493 e. The molecule has 0 bridgehead atoms. The maximum Gasteiger partial charge on any atom is 0.342 e. The van der Waals surface area contributed by atoms with Gasteiger partial charge in [-0.3, -0.25) is 0 Å². The van der Waals surface area contributed by atoms with Gasteiger partial charge in [-0.25, -0.2) is 4.79 Å². The zero-order valence-corrected chi connectivity index (χ0v) is 12.0. The van der Waals surface area contributed by atoms with Crippen molar-refractivity contribution in [1.82, 2.24) is 0 Å². The monoisotopic (exact) mass is 282 g/mol. The second-order valence-corrected chi connectivity index (χ2v) is 4.34. The third-order valence-electron chi connectivity index (χ3n) is 2.83. The summed E-state index contributed by atoms with van der Waals surface area (Å²) in [7, 11) is 0. The van der Waals surface area contributed by atoms with Crippen LogP contribution in [0.4, 0.5) is 0 Å². The molecule has 0 saturated carbocycles. The van der Waals surface area contributed by atoms with Gasteiger partial charge in [0.05, 0.1) is 6.61 Å². The van der Waals surface area contributed by atoms with Gasteiger partial charge in [0.2, 0.25) is 0 Å². The van der Waals surface area contributed by atoms with Crippen LogP contribution in [0, 0.1) is 0 Å². The lowest BCUT2D eigenvalue weighted by Gasteiger charge is -2.08. The van der Waals surface area contributed by atoms with Crippen LogP contribution in [0.15, 0.2) is 60.7 Å². The Morgan fingerprint density at radius 2 is 1.76 bits per heavy atom. The second kappa shape index (κ2) is 7.90. The zero-order chi connectivity index (χ0) is 14.9. The summed E-state index contributed by atoms with van der Waals surface area (Å²) in [6.07, 6.45) is 3.73. The SMILES string of the molecule is CCOc1ccccc1C(=O)OCC=Cc1ccccc1. The highest BCUT2D eigenvalue weighted by molar-refractivity contribution is 5.92. The molecule has 2 aromatic rings. The van der Waals surface area contributed by atoms with Crippen LogP contribution >= 0.6 is 0 Å². The van der Waals surface area contributed by atoms with Crippen molar-refractivity contribution in [2.24, 2.45) is 0 Å². The van der Waals surface area contributed by atoms with Gasteiger partial charge < -0.3 is 9.47 Å². The van der Waals surface area contributed by atoms with Crippen LogP contribution in [0.5, 0.6) is 5.75 Å². The van der Waals surface area contributed by atoms with Crippen molar-refractivity contribution in [2.45, 2.75) is 6.92 Å². The number of carbonyl (C=O) groups excluding carboxylic acids is 1. The molecule has 0 spiro atoms. The van der Waals surface area contributed by atoms with Crippen LogP contribution in [-0.4, -0.2) is 19.2 Å². The first-order chi connectivity index (χ1) is 10.3. The molecule has 0 aliphatic rings. The van der Waals surface area contributed by atoms with Crippen molar-refractivity contribution in [2.75, 3.05) is 13.2 Å². The molecule has 0 heterocycles. The summed E-state index contributed by atoms with van der Waals surface area (Å²) in [6.45, 7) is 2.62. The normalized spacial score (nSPS) is 10.5. The predicted octanol–water partition coefficient (Wildman–Crippen LogP) is 3.96. The molecule has 2 aromatic carbocycles. The van der Waals surface area contributed by atoms with Gasteiger partial charge in [-0.1, -0.05) is 48.5 Å². The first-order valence-corrected chi connectivity index (χ1v) is 6.92. The fraction of sp³-hybridized carbons (Fsp3) is 0.167. The molecule has 2 rings (SSSR count).